The van der Waals surface area contributed by atoms with Gasteiger partial charge in [-0.15, -0.1) is 0 Å². The predicted octanol–water partition coefficient (Wildman–Crippen LogP) is 3.34. The lowest BCUT2D eigenvalue weighted by atomic mass is 9.88. The quantitative estimate of drug-likeness (QED) is 0.697. The second-order valence-electron chi connectivity index (χ2n) is 6.88. The van der Waals surface area contributed by atoms with Gasteiger partial charge in [-0.25, -0.2) is 4.79 Å². The number of alkyl carbamates (subject to hydrolysis) is 1. The highest BCUT2D eigenvalue weighted by atomic mass is 16.5. The number of nitrogens with two attached hydrogens (primary N) is 2. The molecule has 0 saturated heterocycles. The van der Waals surface area contributed by atoms with Crippen LogP contribution in [0.15, 0.2) is 54.6 Å². The van der Waals surface area contributed by atoms with Crippen molar-refractivity contribution < 1.29 is 14.3 Å². The maximum atomic E-state index is 10.7. The number of ether oxygens (including phenoxy) is 1. The van der Waals surface area contributed by atoms with Crippen LogP contribution in [0.2, 0.25) is 0 Å². The Morgan fingerprint density at radius 1 is 1.04 bits per heavy atom. The van der Waals surface area contributed by atoms with Gasteiger partial charge in [-0.2, -0.15) is 0 Å². The minimum absolute atomic E-state index is 0.282. The standard InChI is InChI=1S/C13H13N.C8H15NO3.CH5N/c14-10-11-6-8-13(9-7-11)12-4-2-1-3-5-12;1-8(2,3)6(5-10)9-7(11)12-4;1-2/h1-9H,10,14H2;5-6H,1-4H3,(H,9,11);2H2,1H3. The molecule has 0 aliphatic rings. The number of nitrogens with one attached hydrogen (secondary N) is 1. The largest absolute Gasteiger partial charge is 0.453 e. The van der Waals surface area contributed by atoms with Crippen molar-refractivity contribution in [3.05, 3.63) is 60.2 Å². The average molecular weight is 388 g/mol. The maximum Gasteiger partial charge on any atom is 0.407 e. The van der Waals surface area contributed by atoms with Crippen molar-refractivity contribution in [1.29, 1.82) is 0 Å². The first kappa shape index (κ1) is 25.3. The number of benzene rings is 2. The number of carbonyl (C=O) groups excluding carboxylic acids is 2. The van der Waals surface area contributed by atoms with Gasteiger partial charge >= 0.3 is 6.09 Å². The van der Waals surface area contributed by atoms with Crippen LogP contribution in [0, 0.1) is 5.41 Å². The van der Waals surface area contributed by atoms with E-state index in [9.17, 15) is 9.59 Å². The average Bonchev–Trinajstić information content (AvgIpc) is 2.73. The number of methoxy groups -OCH3 is 1. The molecule has 0 aliphatic carbocycles. The van der Waals surface area contributed by atoms with Crippen LogP contribution in [0.1, 0.15) is 26.3 Å². The van der Waals surface area contributed by atoms with Crippen molar-refractivity contribution in [2.45, 2.75) is 33.4 Å². The van der Waals surface area contributed by atoms with Crippen LogP contribution >= 0.6 is 0 Å². The predicted molar refractivity (Wildman–Crippen MR) is 115 cm³/mol. The summed E-state index contributed by atoms with van der Waals surface area (Å²) in [5.41, 5.74) is 13.4. The van der Waals surface area contributed by atoms with Gasteiger partial charge < -0.3 is 26.3 Å². The van der Waals surface area contributed by atoms with E-state index in [0.29, 0.717) is 12.8 Å². The molecule has 5 N–H and O–H groups in total. The fraction of sp³-hybridized carbons (Fsp3) is 0.364. The summed E-state index contributed by atoms with van der Waals surface area (Å²) in [4.78, 5) is 21.3. The second kappa shape index (κ2) is 13.5. The van der Waals surface area contributed by atoms with Gasteiger partial charge in [0.1, 0.15) is 6.29 Å². The molecule has 6 heteroatoms. The maximum absolute atomic E-state index is 10.7. The molecular formula is C22H33N3O3. The second-order valence-corrected chi connectivity index (χ2v) is 6.88. The Bertz CT molecular complexity index is 680. The normalized spacial score (nSPS) is 11.0. The van der Waals surface area contributed by atoms with Crippen molar-refractivity contribution in [2.24, 2.45) is 16.9 Å². The lowest BCUT2D eigenvalue weighted by Crippen LogP contribution is -2.44. The first-order valence-electron chi connectivity index (χ1n) is 9.03. The molecule has 2 aromatic rings. The van der Waals surface area contributed by atoms with Gasteiger partial charge in [0, 0.05) is 6.54 Å². The van der Waals surface area contributed by atoms with Crippen molar-refractivity contribution in [3.8, 4) is 11.1 Å². The molecule has 0 spiro atoms. The molecule has 6 nitrogen and oxygen atoms in total. The number of carbonyl (C=O) groups is 2. The zero-order valence-corrected chi connectivity index (χ0v) is 17.4. The van der Waals surface area contributed by atoms with E-state index < -0.39 is 12.1 Å². The van der Waals surface area contributed by atoms with Gasteiger partial charge in [-0.05, 0) is 29.2 Å². The zero-order valence-electron chi connectivity index (χ0n) is 17.4. The van der Waals surface area contributed by atoms with Crippen LogP contribution in [-0.2, 0) is 16.1 Å². The van der Waals surface area contributed by atoms with Gasteiger partial charge in [0.25, 0.3) is 0 Å². The van der Waals surface area contributed by atoms with E-state index in [1.165, 1.54) is 30.8 Å². The molecule has 0 aliphatic heterocycles. The van der Waals surface area contributed by atoms with Crippen molar-refractivity contribution in [2.75, 3.05) is 14.2 Å². The Hall–Kier alpha value is -2.70. The monoisotopic (exact) mass is 387 g/mol. The van der Waals surface area contributed by atoms with Gasteiger partial charge in [-0.1, -0.05) is 75.4 Å². The van der Waals surface area contributed by atoms with E-state index >= 15 is 0 Å². The Kier molecular flexibility index (Phi) is 12.2. The lowest BCUT2D eigenvalue weighted by Gasteiger charge is -2.25. The molecule has 1 amide bonds. The van der Waals surface area contributed by atoms with Gasteiger partial charge in [-0.3, -0.25) is 0 Å². The molecule has 0 saturated carbocycles. The Balaban J connectivity index is 0.000000485. The third-order valence-corrected chi connectivity index (χ3v) is 3.82. The van der Waals surface area contributed by atoms with Crippen LogP contribution in [0.3, 0.4) is 0 Å². The highest BCUT2D eigenvalue weighted by Crippen LogP contribution is 2.19. The van der Waals surface area contributed by atoms with E-state index in [2.05, 4.69) is 52.2 Å². The summed E-state index contributed by atoms with van der Waals surface area (Å²) in [6, 6.07) is 18.2. The SMILES string of the molecule is CN.COC(=O)NC(C=O)C(C)(C)C.NCc1ccc(-c2ccccc2)cc1. The highest BCUT2D eigenvalue weighted by Gasteiger charge is 2.25. The van der Waals surface area contributed by atoms with Crippen LogP contribution in [0.4, 0.5) is 4.79 Å². The number of amides is 1. The minimum atomic E-state index is -0.581. The molecule has 2 aromatic carbocycles. The molecule has 0 bridgehead atoms. The number of hydrogen-bond donors (Lipinski definition) is 3. The van der Waals surface area contributed by atoms with E-state index in [-0.39, 0.29) is 5.41 Å². The fourth-order valence-electron chi connectivity index (χ4n) is 2.10. The van der Waals surface area contributed by atoms with E-state index in [4.69, 9.17) is 5.73 Å². The molecule has 0 radical (unpaired) electrons. The van der Waals surface area contributed by atoms with Crippen molar-refractivity contribution in [1.82, 2.24) is 5.32 Å². The fourth-order valence-corrected chi connectivity index (χ4v) is 2.10. The molecular weight excluding hydrogens is 354 g/mol. The van der Waals surface area contributed by atoms with Crippen LogP contribution in [-0.4, -0.2) is 32.6 Å². The molecule has 0 heterocycles. The number of aldehydes is 1. The van der Waals surface area contributed by atoms with E-state index in [1.807, 2.05) is 39.0 Å². The van der Waals surface area contributed by atoms with Crippen LogP contribution in [0.5, 0.6) is 0 Å². The van der Waals surface area contributed by atoms with Crippen molar-refractivity contribution in [3.63, 3.8) is 0 Å². The first-order valence-corrected chi connectivity index (χ1v) is 9.03. The molecule has 0 aromatic heterocycles. The molecule has 1 atom stereocenters. The summed E-state index contributed by atoms with van der Waals surface area (Å²) in [7, 11) is 2.76. The van der Waals surface area contributed by atoms with Crippen LogP contribution < -0.4 is 16.8 Å². The first-order chi connectivity index (χ1) is 13.3. The van der Waals surface area contributed by atoms with E-state index in [1.54, 1.807) is 0 Å². The Morgan fingerprint density at radius 3 is 1.93 bits per heavy atom. The minimum Gasteiger partial charge on any atom is -0.453 e. The van der Waals surface area contributed by atoms with Crippen LogP contribution in [0.25, 0.3) is 11.1 Å². The highest BCUT2D eigenvalue weighted by molar-refractivity contribution is 5.73. The Labute approximate surface area is 168 Å². The summed E-state index contributed by atoms with van der Waals surface area (Å²) >= 11 is 0. The molecule has 0 fully saturated rings. The zero-order chi connectivity index (χ0) is 21.6. The van der Waals surface area contributed by atoms with Gasteiger partial charge in [0.15, 0.2) is 0 Å². The summed E-state index contributed by atoms with van der Waals surface area (Å²) in [6.45, 7) is 6.20. The summed E-state index contributed by atoms with van der Waals surface area (Å²) < 4.78 is 4.37. The molecule has 1 unspecified atom stereocenters. The topological polar surface area (TPSA) is 107 Å². The summed E-state index contributed by atoms with van der Waals surface area (Å²) in [5, 5.41) is 2.43. The molecule has 2 rings (SSSR count). The van der Waals surface area contributed by atoms with Crippen molar-refractivity contribution >= 4 is 12.4 Å². The smallest absolute Gasteiger partial charge is 0.407 e. The summed E-state index contributed by atoms with van der Waals surface area (Å²) in [5.74, 6) is 0. The molecule has 154 valence electrons. The van der Waals surface area contributed by atoms with Gasteiger partial charge in [0.05, 0.1) is 13.2 Å². The summed E-state index contributed by atoms with van der Waals surface area (Å²) in [6.07, 6.45) is 0.124. The van der Waals surface area contributed by atoms with E-state index in [0.717, 1.165) is 0 Å². The third kappa shape index (κ3) is 9.30. The third-order valence-electron chi connectivity index (χ3n) is 3.82. The lowest BCUT2D eigenvalue weighted by molar-refractivity contribution is -0.111. The number of hydrogen-bond acceptors (Lipinski definition) is 5. The Morgan fingerprint density at radius 2 is 1.54 bits per heavy atom. The molecule has 28 heavy (non-hydrogen) atoms. The number of rotatable bonds is 4. The van der Waals surface area contributed by atoms with Gasteiger partial charge in [0.2, 0.25) is 0 Å².